The molecule has 0 saturated carbocycles. The van der Waals surface area contributed by atoms with Gasteiger partial charge in [0.05, 0.1) is 0 Å². The molecular formula is C63H108O6. The Kier molecular flexibility index (Phi) is 54.3. The number of rotatable bonds is 52. The average Bonchev–Trinajstić information content (AvgIpc) is 3.35. The molecule has 0 saturated heterocycles. The lowest BCUT2D eigenvalue weighted by Crippen LogP contribution is -2.30. The van der Waals surface area contributed by atoms with Crippen LogP contribution in [0.25, 0.3) is 0 Å². The molecule has 6 heteroatoms. The monoisotopic (exact) mass is 961 g/mol. The van der Waals surface area contributed by atoms with Gasteiger partial charge in [-0.15, -0.1) is 0 Å². The first-order chi connectivity index (χ1) is 34.0. The molecule has 0 spiro atoms. The van der Waals surface area contributed by atoms with Gasteiger partial charge in [0.25, 0.3) is 0 Å². The fourth-order valence-electron chi connectivity index (χ4n) is 7.99. The Balaban J connectivity index is 4.50. The summed E-state index contributed by atoms with van der Waals surface area (Å²) in [5.41, 5.74) is 0. The number of hydrogen-bond acceptors (Lipinski definition) is 6. The van der Waals surface area contributed by atoms with Crippen LogP contribution in [0.15, 0.2) is 85.1 Å². The molecule has 6 nitrogen and oxygen atoms in total. The van der Waals surface area contributed by atoms with Gasteiger partial charge in [-0.2, -0.15) is 0 Å². The number of allylic oxidation sites excluding steroid dienone is 14. The van der Waals surface area contributed by atoms with Crippen LogP contribution in [-0.4, -0.2) is 37.2 Å². The van der Waals surface area contributed by atoms with Crippen molar-refractivity contribution in [2.24, 2.45) is 0 Å². The van der Waals surface area contributed by atoms with Crippen molar-refractivity contribution in [2.45, 2.75) is 284 Å². The highest BCUT2D eigenvalue weighted by atomic mass is 16.6. The lowest BCUT2D eigenvalue weighted by molar-refractivity contribution is -0.166. The Hall–Kier alpha value is -3.41. The lowest BCUT2D eigenvalue weighted by atomic mass is 10.0. The molecule has 396 valence electrons. The minimum absolute atomic E-state index is 0.107. The van der Waals surface area contributed by atoms with E-state index in [1.165, 1.54) is 154 Å². The molecule has 0 amide bonds. The van der Waals surface area contributed by atoms with Gasteiger partial charge in [0, 0.05) is 19.3 Å². The maximum absolute atomic E-state index is 12.8. The summed E-state index contributed by atoms with van der Waals surface area (Å²) >= 11 is 0. The Labute approximate surface area is 426 Å². The van der Waals surface area contributed by atoms with E-state index >= 15 is 0 Å². The number of hydrogen-bond donors (Lipinski definition) is 0. The number of unbranched alkanes of at least 4 members (excludes halogenated alkanes) is 27. The Morgan fingerprint density at radius 3 is 0.899 bits per heavy atom. The minimum atomic E-state index is -0.819. The average molecular weight is 962 g/mol. The molecule has 0 rings (SSSR count). The Morgan fingerprint density at radius 2 is 0.551 bits per heavy atom. The van der Waals surface area contributed by atoms with Gasteiger partial charge in [-0.25, -0.2) is 0 Å². The van der Waals surface area contributed by atoms with Crippen LogP contribution in [0.3, 0.4) is 0 Å². The van der Waals surface area contributed by atoms with E-state index in [-0.39, 0.29) is 31.6 Å². The van der Waals surface area contributed by atoms with Crippen LogP contribution in [0.2, 0.25) is 0 Å². The summed E-state index contributed by atoms with van der Waals surface area (Å²) in [5, 5.41) is 0. The zero-order chi connectivity index (χ0) is 50.0. The Morgan fingerprint density at radius 1 is 0.290 bits per heavy atom. The van der Waals surface area contributed by atoms with Gasteiger partial charge >= 0.3 is 17.9 Å². The van der Waals surface area contributed by atoms with E-state index in [2.05, 4.69) is 99.8 Å². The first-order valence-corrected chi connectivity index (χ1v) is 29.1. The summed E-state index contributed by atoms with van der Waals surface area (Å²) in [7, 11) is 0. The second-order valence-electron chi connectivity index (χ2n) is 19.2. The molecule has 0 aromatic rings. The van der Waals surface area contributed by atoms with E-state index in [0.717, 1.165) is 77.0 Å². The Bertz CT molecular complexity index is 1330. The number of ether oxygens (including phenoxy) is 3. The van der Waals surface area contributed by atoms with Crippen LogP contribution in [0, 0.1) is 0 Å². The minimum Gasteiger partial charge on any atom is -0.462 e. The fourth-order valence-corrected chi connectivity index (χ4v) is 7.99. The van der Waals surface area contributed by atoms with Gasteiger partial charge in [-0.3, -0.25) is 14.4 Å². The maximum atomic E-state index is 12.8. The molecule has 0 N–H and O–H groups in total. The van der Waals surface area contributed by atoms with Crippen LogP contribution in [0.5, 0.6) is 0 Å². The number of carbonyl (C=O) groups is 3. The van der Waals surface area contributed by atoms with Crippen LogP contribution < -0.4 is 0 Å². The predicted molar refractivity (Wildman–Crippen MR) is 297 cm³/mol. The summed E-state index contributed by atoms with van der Waals surface area (Å²) in [6.07, 6.45) is 74.4. The van der Waals surface area contributed by atoms with Crippen molar-refractivity contribution < 1.29 is 28.6 Å². The molecule has 0 fully saturated rings. The molecule has 69 heavy (non-hydrogen) atoms. The third-order valence-electron chi connectivity index (χ3n) is 12.4. The van der Waals surface area contributed by atoms with Crippen LogP contribution in [0.1, 0.15) is 278 Å². The van der Waals surface area contributed by atoms with E-state index in [9.17, 15) is 14.4 Å². The quantitative estimate of drug-likeness (QED) is 0.0262. The summed E-state index contributed by atoms with van der Waals surface area (Å²) in [5.74, 6) is -0.991. The van der Waals surface area contributed by atoms with Gasteiger partial charge in [0.2, 0.25) is 0 Å². The van der Waals surface area contributed by atoms with Gasteiger partial charge < -0.3 is 14.2 Å². The van der Waals surface area contributed by atoms with Crippen LogP contribution >= 0.6 is 0 Å². The van der Waals surface area contributed by atoms with E-state index in [1.807, 2.05) is 6.08 Å². The van der Waals surface area contributed by atoms with Crippen molar-refractivity contribution >= 4 is 17.9 Å². The molecule has 0 aromatic heterocycles. The summed E-state index contributed by atoms with van der Waals surface area (Å²) < 4.78 is 16.8. The predicted octanol–water partition coefficient (Wildman–Crippen LogP) is 19.5. The maximum Gasteiger partial charge on any atom is 0.306 e. The smallest absolute Gasteiger partial charge is 0.306 e. The van der Waals surface area contributed by atoms with Gasteiger partial charge in [0.15, 0.2) is 6.10 Å². The first kappa shape index (κ1) is 65.6. The molecule has 0 bridgehead atoms. The first-order valence-electron chi connectivity index (χ1n) is 29.1. The van der Waals surface area contributed by atoms with Crippen molar-refractivity contribution in [1.29, 1.82) is 0 Å². The number of carbonyl (C=O) groups excluding carboxylic acids is 3. The zero-order valence-electron chi connectivity index (χ0n) is 45.3. The molecular weight excluding hydrogens is 853 g/mol. The summed E-state index contributed by atoms with van der Waals surface area (Å²) in [4.78, 5) is 38.1. The molecule has 1 atom stereocenters. The fraction of sp³-hybridized carbons (Fsp3) is 0.730. The molecule has 0 aliphatic carbocycles. The van der Waals surface area contributed by atoms with Crippen molar-refractivity contribution in [3.63, 3.8) is 0 Å². The summed E-state index contributed by atoms with van der Waals surface area (Å²) in [6.45, 7) is 6.54. The molecule has 0 aliphatic heterocycles. The molecule has 0 heterocycles. The molecule has 0 unspecified atom stereocenters. The molecule has 0 aromatic carbocycles. The van der Waals surface area contributed by atoms with Crippen LogP contribution in [-0.2, 0) is 28.6 Å². The van der Waals surface area contributed by atoms with Crippen molar-refractivity contribution in [1.82, 2.24) is 0 Å². The topological polar surface area (TPSA) is 78.9 Å². The van der Waals surface area contributed by atoms with Gasteiger partial charge in [0.1, 0.15) is 13.2 Å². The second-order valence-corrected chi connectivity index (χ2v) is 19.2. The highest BCUT2D eigenvalue weighted by molar-refractivity contribution is 5.71. The normalized spacial score (nSPS) is 12.7. The van der Waals surface area contributed by atoms with E-state index in [0.29, 0.717) is 19.3 Å². The van der Waals surface area contributed by atoms with Gasteiger partial charge in [-0.05, 0) is 89.9 Å². The third kappa shape index (κ3) is 55.4. The number of esters is 3. The molecule has 0 radical (unpaired) electrons. The molecule has 0 aliphatic rings. The van der Waals surface area contributed by atoms with Crippen molar-refractivity contribution in [3.05, 3.63) is 85.1 Å². The zero-order valence-corrected chi connectivity index (χ0v) is 45.3. The standard InChI is InChI=1S/C63H108O6/c1-4-7-10-13-16-19-22-25-28-30-31-33-36-39-42-45-48-51-54-57-63(66)69-60(58-67-61(64)55-52-49-46-43-40-37-34-27-24-21-18-15-12-9-6-3)59-68-62(65)56-53-50-47-44-41-38-35-32-29-26-23-20-17-14-11-8-5-2/h16-17,19-20,25-26,28-29,31,33,39,42,48,51,60H,4-15,18,21-24,27,30,32,34-38,40-41,43-47,49-50,52-59H2,1-3H3/b19-16-,20-17-,28-25-,29-26-,33-31-,42-39-,51-48-/t60-/m0/s1. The lowest BCUT2D eigenvalue weighted by Gasteiger charge is -2.18. The highest BCUT2D eigenvalue weighted by Crippen LogP contribution is 2.15. The van der Waals surface area contributed by atoms with E-state index < -0.39 is 12.1 Å². The van der Waals surface area contributed by atoms with E-state index in [4.69, 9.17) is 14.2 Å². The SMILES string of the molecule is CCCCC/C=C\C/C=C\C/C=C\C/C=C\C/C=C\CCC(=O)O[C@H](COC(=O)CCCCCCCCC/C=C\C/C=C\CCCCC)COC(=O)CCCCCCCCCCCCCCCCC. The van der Waals surface area contributed by atoms with Crippen LogP contribution in [0.4, 0.5) is 0 Å². The second kappa shape index (κ2) is 57.2. The van der Waals surface area contributed by atoms with Gasteiger partial charge in [-0.1, -0.05) is 254 Å². The third-order valence-corrected chi connectivity index (χ3v) is 12.4. The van der Waals surface area contributed by atoms with Crippen molar-refractivity contribution in [2.75, 3.05) is 13.2 Å². The summed E-state index contributed by atoms with van der Waals surface area (Å²) in [6, 6.07) is 0. The van der Waals surface area contributed by atoms with Crippen molar-refractivity contribution in [3.8, 4) is 0 Å². The van der Waals surface area contributed by atoms with E-state index in [1.54, 1.807) is 0 Å². The largest absolute Gasteiger partial charge is 0.462 e. The highest BCUT2D eigenvalue weighted by Gasteiger charge is 2.19.